The summed E-state index contributed by atoms with van der Waals surface area (Å²) < 4.78 is 10.9. The molecule has 1 aromatic rings. The van der Waals surface area contributed by atoms with E-state index in [-0.39, 0.29) is 30.0 Å². The van der Waals surface area contributed by atoms with Crippen LogP contribution in [0.4, 0.5) is 0 Å². The van der Waals surface area contributed by atoms with E-state index in [1.165, 1.54) is 0 Å². The van der Waals surface area contributed by atoms with Crippen molar-refractivity contribution < 1.29 is 9.47 Å². The molecule has 2 heterocycles. The molecule has 3 rings (SSSR count). The van der Waals surface area contributed by atoms with E-state index in [1.54, 1.807) is 0 Å². The summed E-state index contributed by atoms with van der Waals surface area (Å²) >= 11 is 0. The van der Waals surface area contributed by atoms with Crippen LogP contribution in [0.25, 0.3) is 0 Å². The molecule has 0 amide bonds. The summed E-state index contributed by atoms with van der Waals surface area (Å²) in [7, 11) is 0. The van der Waals surface area contributed by atoms with Gasteiger partial charge in [-0.1, -0.05) is 18.2 Å². The molecule has 0 spiro atoms. The lowest BCUT2D eigenvalue weighted by Gasteiger charge is -2.28. The lowest BCUT2D eigenvalue weighted by Crippen LogP contribution is -2.45. The first kappa shape index (κ1) is 14.4. The van der Waals surface area contributed by atoms with Crippen molar-refractivity contribution in [2.24, 2.45) is 10.7 Å². The predicted molar refractivity (Wildman–Crippen MR) is 84.1 cm³/mol. The van der Waals surface area contributed by atoms with Gasteiger partial charge in [0.1, 0.15) is 18.4 Å². The van der Waals surface area contributed by atoms with Crippen molar-refractivity contribution in [1.82, 2.24) is 4.90 Å². The second-order valence-electron chi connectivity index (χ2n) is 4.45. The maximum Gasteiger partial charge on any atom is 0.192 e. The third-order valence-electron chi connectivity index (χ3n) is 3.30. The molecule has 1 aromatic carbocycles. The van der Waals surface area contributed by atoms with Gasteiger partial charge in [-0.2, -0.15) is 0 Å². The number of hydrogen-bond donors (Lipinski definition) is 1. The topological polar surface area (TPSA) is 60.1 Å². The van der Waals surface area contributed by atoms with E-state index < -0.39 is 0 Å². The van der Waals surface area contributed by atoms with Crippen LogP contribution in [0.1, 0.15) is 11.6 Å². The minimum absolute atomic E-state index is 0. The van der Waals surface area contributed by atoms with E-state index >= 15 is 0 Å². The zero-order valence-electron chi connectivity index (χ0n) is 10.6. The molecule has 1 fully saturated rings. The molecule has 1 saturated heterocycles. The molecule has 0 aliphatic carbocycles. The summed E-state index contributed by atoms with van der Waals surface area (Å²) in [6.45, 7) is 3.63. The van der Waals surface area contributed by atoms with Gasteiger partial charge in [0.15, 0.2) is 5.96 Å². The fourth-order valence-electron chi connectivity index (χ4n) is 2.29. The summed E-state index contributed by atoms with van der Waals surface area (Å²) in [5.41, 5.74) is 7.17. The van der Waals surface area contributed by atoms with Crippen LogP contribution in [-0.4, -0.2) is 43.8 Å². The Morgan fingerprint density at radius 3 is 2.79 bits per heavy atom. The highest BCUT2D eigenvalue weighted by molar-refractivity contribution is 14.0. The Morgan fingerprint density at radius 1 is 1.26 bits per heavy atom. The molecule has 2 aliphatic rings. The van der Waals surface area contributed by atoms with Gasteiger partial charge in [-0.3, -0.25) is 0 Å². The molecule has 0 saturated carbocycles. The normalized spacial score (nSPS) is 22.4. The van der Waals surface area contributed by atoms with Gasteiger partial charge in [0, 0.05) is 18.7 Å². The zero-order valence-corrected chi connectivity index (χ0v) is 12.9. The number of ether oxygens (including phenoxy) is 2. The third-order valence-corrected chi connectivity index (χ3v) is 3.30. The summed E-state index contributed by atoms with van der Waals surface area (Å²) in [5, 5.41) is 0. The van der Waals surface area contributed by atoms with Crippen molar-refractivity contribution in [2.75, 3.05) is 32.9 Å². The van der Waals surface area contributed by atoms with Gasteiger partial charge in [-0.05, 0) is 6.07 Å². The molecule has 0 bridgehead atoms. The van der Waals surface area contributed by atoms with E-state index in [0.29, 0.717) is 25.8 Å². The summed E-state index contributed by atoms with van der Waals surface area (Å²) in [6.07, 6.45) is 0. The number of halogens is 1. The van der Waals surface area contributed by atoms with Gasteiger partial charge in [0.05, 0.1) is 13.2 Å². The fraction of sp³-hybridized carbons (Fsp3) is 0.462. The molecule has 5 nitrogen and oxygen atoms in total. The number of nitrogens with zero attached hydrogens (tertiary/aromatic N) is 2. The number of benzene rings is 1. The largest absolute Gasteiger partial charge is 0.491 e. The van der Waals surface area contributed by atoms with Gasteiger partial charge in [-0.15, -0.1) is 24.0 Å². The Kier molecular flexibility index (Phi) is 4.87. The molecule has 6 heteroatoms. The number of fused-ring (bicyclic) bond motifs is 1. The van der Waals surface area contributed by atoms with Crippen molar-refractivity contribution in [3.8, 4) is 5.75 Å². The zero-order chi connectivity index (χ0) is 12.4. The summed E-state index contributed by atoms with van der Waals surface area (Å²) in [4.78, 5) is 6.64. The van der Waals surface area contributed by atoms with Gasteiger partial charge in [0.2, 0.25) is 0 Å². The maximum absolute atomic E-state index is 6.05. The molecular weight excluding hydrogens is 357 g/mol. The Hall–Kier alpha value is -1.02. The van der Waals surface area contributed by atoms with Crippen molar-refractivity contribution >= 4 is 29.9 Å². The van der Waals surface area contributed by atoms with Crippen LogP contribution in [0.5, 0.6) is 5.75 Å². The molecule has 104 valence electrons. The smallest absolute Gasteiger partial charge is 0.192 e. The van der Waals surface area contributed by atoms with Gasteiger partial charge >= 0.3 is 0 Å². The number of nitrogens with two attached hydrogens (primary N) is 1. The third kappa shape index (κ3) is 3.11. The Morgan fingerprint density at radius 2 is 2.00 bits per heavy atom. The minimum Gasteiger partial charge on any atom is -0.491 e. The number of guanidine groups is 1. The lowest BCUT2D eigenvalue weighted by atomic mass is 10.1. The van der Waals surface area contributed by atoms with Crippen molar-refractivity contribution in [2.45, 2.75) is 6.04 Å². The molecule has 2 N–H and O–H groups in total. The van der Waals surface area contributed by atoms with Crippen LogP contribution in [0.3, 0.4) is 0 Å². The molecule has 0 aromatic heterocycles. The first-order valence-corrected chi connectivity index (χ1v) is 6.22. The lowest BCUT2D eigenvalue weighted by molar-refractivity contribution is 0.0673. The monoisotopic (exact) mass is 375 g/mol. The van der Waals surface area contributed by atoms with Gasteiger partial charge < -0.3 is 20.1 Å². The van der Waals surface area contributed by atoms with Gasteiger partial charge in [-0.25, -0.2) is 4.99 Å². The number of hydrogen-bond acceptors (Lipinski definition) is 3. The van der Waals surface area contributed by atoms with E-state index in [2.05, 4.69) is 9.89 Å². The van der Waals surface area contributed by atoms with Crippen LogP contribution in [-0.2, 0) is 4.74 Å². The second-order valence-corrected chi connectivity index (χ2v) is 4.45. The molecule has 0 radical (unpaired) electrons. The van der Waals surface area contributed by atoms with E-state index in [0.717, 1.165) is 24.4 Å². The fourth-order valence-corrected chi connectivity index (χ4v) is 2.29. The van der Waals surface area contributed by atoms with Crippen LogP contribution in [0.2, 0.25) is 0 Å². The SMILES string of the molecule is I.NC(=NC1COc2ccccc21)N1CCOCC1. The van der Waals surface area contributed by atoms with Crippen molar-refractivity contribution in [3.63, 3.8) is 0 Å². The van der Waals surface area contributed by atoms with Crippen molar-refractivity contribution in [1.29, 1.82) is 0 Å². The van der Waals surface area contributed by atoms with E-state index in [9.17, 15) is 0 Å². The quantitative estimate of drug-likeness (QED) is 0.458. The summed E-state index contributed by atoms with van der Waals surface area (Å²) in [5.74, 6) is 1.50. The average molecular weight is 375 g/mol. The Balaban J connectivity index is 0.00000133. The van der Waals surface area contributed by atoms with E-state index in [1.807, 2.05) is 24.3 Å². The molecular formula is C13H18IN3O2. The number of morpholine rings is 1. The first-order valence-electron chi connectivity index (χ1n) is 6.22. The molecule has 2 aliphatic heterocycles. The first-order chi connectivity index (χ1) is 8.84. The van der Waals surface area contributed by atoms with Crippen LogP contribution >= 0.6 is 24.0 Å². The molecule has 19 heavy (non-hydrogen) atoms. The number of rotatable bonds is 1. The standard InChI is InChI=1S/C13H17N3O2.HI/c14-13(16-5-7-17-8-6-16)15-11-9-18-12-4-2-1-3-10(11)12;/h1-4,11H,5-9H2,(H2,14,15);1H. The minimum atomic E-state index is 0. The number of aliphatic imine (C=N–C) groups is 1. The van der Waals surface area contributed by atoms with E-state index in [4.69, 9.17) is 15.2 Å². The Bertz CT molecular complexity index is 461. The van der Waals surface area contributed by atoms with Crippen LogP contribution < -0.4 is 10.5 Å². The van der Waals surface area contributed by atoms with Crippen LogP contribution in [0, 0.1) is 0 Å². The highest BCUT2D eigenvalue weighted by atomic mass is 127. The van der Waals surface area contributed by atoms with Gasteiger partial charge in [0.25, 0.3) is 0 Å². The van der Waals surface area contributed by atoms with Crippen LogP contribution in [0.15, 0.2) is 29.3 Å². The maximum atomic E-state index is 6.05. The highest BCUT2D eigenvalue weighted by Crippen LogP contribution is 2.34. The second kappa shape index (κ2) is 6.42. The van der Waals surface area contributed by atoms with Crippen molar-refractivity contribution in [3.05, 3.63) is 29.8 Å². The Labute approximate surface area is 129 Å². The highest BCUT2D eigenvalue weighted by Gasteiger charge is 2.24. The predicted octanol–water partition coefficient (Wildman–Crippen LogP) is 1.39. The average Bonchev–Trinajstić information content (AvgIpc) is 2.83. The summed E-state index contributed by atoms with van der Waals surface area (Å²) in [6, 6.07) is 8.00. The molecule has 1 unspecified atom stereocenters. The number of para-hydroxylation sites is 1. The molecule has 1 atom stereocenters.